The third kappa shape index (κ3) is 1.58. The Balaban J connectivity index is 2.11. The summed E-state index contributed by atoms with van der Waals surface area (Å²) in [6.45, 7) is 2.10. The molecule has 0 radical (unpaired) electrons. The zero-order valence-corrected chi connectivity index (χ0v) is 9.68. The molecule has 1 aliphatic heterocycles. The summed E-state index contributed by atoms with van der Waals surface area (Å²) in [5.74, 6) is 0.785. The van der Waals surface area contributed by atoms with E-state index in [1.54, 1.807) is 11.3 Å². The van der Waals surface area contributed by atoms with E-state index in [0.717, 1.165) is 29.3 Å². The summed E-state index contributed by atoms with van der Waals surface area (Å²) >= 11 is 7.72. The Kier molecular flexibility index (Phi) is 2.25. The van der Waals surface area contributed by atoms with Gasteiger partial charge >= 0.3 is 0 Å². The zero-order valence-electron chi connectivity index (χ0n) is 8.11. The lowest BCUT2D eigenvalue weighted by Crippen LogP contribution is -2.20. The van der Waals surface area contributed by atoms with Crippen LogP contribution in [-0.2, 0) is 0 Å². The minimum atomic E-state index is 0.572. The minimum absolute atomic E-state index is 0.572. The van der Waals surface area contributed by atoms with Crippen LogP contribution in [0.3, 0.4) is 0 Å². The number of rotatable bonds is 1. The summed E-state index contributed by atoms with van der Waals surface area (Å²) in [4.78, 5) is 12.1. The van der Waals surface area contributed by atoms with Crippen LogP contribution in [-0.4, -0.2) is 23.1 Å². The predicted molar refractivity (Wildman–Crippen MR) is 63.9 cm³/mol. The van der Waals surface area contributed by atoms with Gasteiger partial charge in [0.15, 0.2) is 0 Å². The molecule has 2 aromatic heterocycles. The molecule has 0 N–H and O–H groups in total. The average molecular weight is 240 g/mol. The van der Waals surface area contributed by atoms with Crippen LogP contribution in [0.2, 0.25) is 5.15 Å². The molecule has 0 unspecified atom stereocenters. The molecule has 3 rings (SSSR count). The number of fused-ring (bicyclic) bond motifs is 1. The van der Waals surface area contributed by atoms with Gasteiger partial charge in [0.2, 0.25) is 5.95 Å². The summed E-state index contributed by atoms with van der Waals surface area (Å²) in [6, 6.07) is 1.97. The van der Waals surface area contributed by atoms with Gasteiger partial charge in [-0.05, 0) is 24.3 Å². The van der Waals surface area contributed by atoms with Crippen molar-refractivity contribution in [2.45, 2.75) is 12.8 Å². The molecule has 0 bridgehead atoms. The molecule has 0 amide bonds. The largest absolute Gasteiger partial charge is 0.341 e. The Morgan fingerprint density at radius 2 is 2.07 bits per heavy atom. The molecule has 0 atom stereocenters. The second-order valence-electron chi connectivity index (χ2n) is 3.65. The van der Waals surface area contributed by atoms with Crippen molar-refractivity contribution >= 4 is 39.1 Å². The number of hydrogen-bond acceptors (Lipinski definition) is 4. The monoisotopic (exact) mass is 239 g/mol. The standard InChI is InChI=1S/C10H10ClN3S/c11-8-7-3-6-15-9(7)13-10(12-8)14-4-1-2-5-14/h3,6H,1-2,4-5H2. The Morgan fingerprint density at radius 1 is 1.27 bits per heavy atom. The van der Waals surface area contributed by atoms with E-state index in [9.17, 15) is 0 Å². The van der Waals surface area contributed by atoms with Crippen molar-refractivity contribution in [3.8, 4) is 0 Å². The van der Waals surface area contributed by atoms with Crippen molar-refractivity contribution in [3.63, 3.8) is 0 Å². The molecule has 15 heavy (non-hydrogen) atoms. The lowest BCUT2D eigenvalue weighted by molar-refractivity contribution is 0.909. The smallest absolute Gasteiger partial charge is 0.228 e. The average Bonchev–Trinajstić information content (AvgIpc) is 2.88. The van der Waals surface area contributed by atoms with E-state index in [1.807, 2.05) is 11.4 Å². The van der Waals surface area contributed by atoms with E-state index in [0.29, 0.717) is 5.15 Å². The lowest BCUT2D eigenvalue weighted by Gasteiger charge is -2.14. The van der Waals surface area contributed by atoms with Crippen LogP contribution in [0, 0.1) is 0 Å². The van der Waals surface area contributed by atoms with Crippen LogP contribution in [0.5, 0.6) is 0 Å². The maximum absolute atomic E-state index is 6.11. The minimum Gasteiger partial charge on any atom is -0.341 e. The molecule has 0 spiro atoms. The van der Waals surface area contributed by atoms with Gasteiger partial charge in [0.25, 0.3) is 0 Å². The molecule has 1 fully saturated rings. The van der Waals surface area contributed by atoms with E-state index in [4.69, 9.17) is 11.6 Å². The molecule has 3 heterocycles. The topological polar surface area (TPSA) is 29.0 Å². The second kappa shape index (κ2) is 3.61. The number of aromatic nitrogens is 2. The van der Waals surface area contributed by atoms with Gasteiger partial charge in [0.1, 0.15) is 9.98 Å². The van der Waals surface area contributed by atoms with Gasteiger partial charge in [-0.2, -0.15) is 0 Å². The maximum Gasteiger partial charge on any atom is 0.228 e. The van der Waals surface area contributed by atoms with Crippen LogP contribution >= 0.6 is 22.9 Å². The van der Waals surface area contributed by atoms with Gasteiger partial charge in [0.05, 0.1) is 0 Å². The Morgan fingerprint density at radius 3 is 2.87 bits per heavy atom. The number of nitrogens with zero attached hydrogens (tertiary/aromatic N) is 3. The van der Waals surface area contributed by atoms with Crippen molar-refractivity contribution in [2.24, 2.45) is 0 Å². The first-order chi connectivity index (χ1) is 7.34. The Labute approximate surface area is 96.7 Å². The second-order valence-corrected chi connectivity index (χ2v) is 4.90. The predicted octanol–water partition coefficient (Wildman–Crippen LogP) is 2.94. The molecular weight excluding hydrogens is 230 g/mol. The molecular formula is C10H10ClN3S. The van der Waals surface area contributed by atoms with Gasteiger partial charge in [-0.15, -0.1) is 11.3 Å². The number of halogens is 1. The lowest BCUT2D eigenvalue weighted by atomic mass is 10.4. The van der Waals surface area contributed by atoms with E-state index in [-0.39, 0.29) is 0 Å². The highest BCUT2D eigenvalue weighted by Crippen LogP contribution is 2.28. The van der Waals surface area contributed by atoms with Crippen molar-refractivity contribution in [2.75, 3.05) is 18.0 Å². The van der Waals surface area contributed by atoms with Gasteiger partial charge in [-0.3, -0.25) is 0 Å². The van der Waals surface area contributed by atoms with Gasteiger partial charge in [0, 0.05) is 18.5 Å². The van der Waals surface area contributed by atoms with E-state index < -0.39 is 0 Å². The third-order valence-electron chi connectivity index (χ3n) is 2.66. The van der Waals surface area contributed by atoms with E-state index in [1.165, 1.54) is 12.8 Å². The molecule has 2 aromatic rings. The van der Waals surface area contributed by atoms with Gasteiger partial charge in [-0.25, -0.2) is 9.97 Å². The molecule has 1 saturated heterocycles. The molecule has 0 saturated carbocycles. The van der Waals surface area contributed by atoms with Gasteiger partial charge < -0.3 is 4.90 Å². The van der Waals surface area contributed by atoms with Crippen LogP contribution in [0.25, 0.3) is 10.2 Å². The fraction of sp³-hybridized carbons (Fsp3) is 0.400. The molecule has 0 aliphatic carbocycles. The van der Waals surface area contributed by atoms with Crippen molar-refractivity contribution in [1.82, 2.24) is 9.97 Å². The number of anilines is 1. The molecule has 3 nitrogen and oxygen atoms in total. The first kappa shape index (κ1) is 9.36. The number of hydrogen-bond donors (Lipinski definition) is 0. The quantitative estimate of drug-likeness (QED) is 0.717. The maximum atomic E-state index is 6.11. The van der Waals surface area contributed by atoms with E-state index >= 15 is 0 Å². The summed E-state index contributed by atoms with van der Waals surface area (Å²) in [6.07, 6.45) is 2.45. The van der Waals surface area contributed by atoms with Crippen molar-refractivity contribution in [3.05, 3.63) is 16.6 Å². The molecule has 78 valence electrons. The Bertz CT molecular complexity index is 490. The molecule has 5 heteroatoms. The normalized spacial score (nSPS) is 16.5. The summed E-state index contributed by atoms with van der Waals surface area (Å²) in [5.41, 5.74) is 0. The summed E-state index contributed by atoms with van der Waals surface area (Å²) in [7, 11) is 0. The SMILES string of the molecule is Clc1nc(N2CCCC2)nc2sccc12. The first-order valence-electron chi connectivity index (χ1n) is 5.00. The number of thiophene rings is 1. The summed E-state index contributed by atoms with van der Waals surface area (Å²) < 4.78 is 0. The van der Waals surface area contributed by atoms with E-state index in [2.05, 4.69) is 14.9 Å². The van der Waals surface area contributed by atoms with Crippen LogP contribution in [0.15, 0.2) is 11.4 Å². The first-order valence-corrected chi connectivity index (χ1v) is 6.26. The van der Waals surface area contributed by atoms with Crippen molar-refractivity contribution < 1.29 is 0 Å². The van der Waals surface area contributed by atoms with Crippen LogP contribution in [0.4, 0.5) is 5.95 Å². The fourth-order valence-corrected chi connectivity index (χ4v) is 2.91. The molecule has 0 aromatic carbocycles. The fourth-order valence-electron chi connectivity index (χ4n) is 1.87. The van der Waals surface area contributed by atoms with Crippen LogP contribution < -0.4 is 4.90 Å². The third-order valence-corrected chi connectivity index (χ3v) is 3.75. The Hall–Kier alpha value is -0.870. The van der Waals surface area contributed by atoms with Gasteiger partial charge in [-0.1, -0.05) is 11.6 Å². The molecule has 1 aliphatic rings. The van der Waals surface area contributed by atoms with Crippen LogP contribution in [0.1, 0.15) is 12.8 Å². The van der Waals surface area contributed by atoms with Crippen molar-refractivity contribution in [1.29, 1.82) is 0 Å². The summed E-state index contributed by atoms with van der Waals surface area (Å²) in [5, 5.41) is 3.53. The highest BCUT2D eigenvalue weighted by Gasteiger charge is 2.16. The highest BCUT2D eigenvalue weighted by molar-refractivity contribution is 7.16. The zero-order chi connectivity index (χ0) is 10.3. The highest BCUT2D eigenvalue weighted by atomic mass is 35.5.